The standard InChI is InChI=1S/C18H20N4O3S/c1-10(2)6-14(17(24)25-3)21-18-20-13(16(23)22-18)7-11-4-5-12-15(8-11)26-9-19-12/h4-5,7-10,14H,6H2,1-3H3,(H2,20,21,22,23)/b13-7-. The molecule has 7 nitrogen and oxygen atoms in total. The van der Waals surface area contributed by atoms with Gasteiger partial charge in [0.15, 0.2) is 0 Å². The van der Waals surface area contributed by atoms with Gasteiger partial charge in [0.05, 0.1) is 22.8 Å². The summed E-state index contributed by atoms with van der Waals surface area (Å²) >= 11 is 1.54. The Morgan fingerprint density at radius 3 is 2.96 bits per heavy atom. The number of rotatable bonds is 5. The average molecular weight is 372 g/mol. The van der Waals surface area contributed by atoms with E-state index in [2.05, 4.69) is 20.6 Å². The number of amides is 1. The van der Waals surface area contributed by atoms with E-state index in [9.17, 15) is 9.59 Å². The normalized spacial score (nSPS) is 16.7. The van der Waals surface area contributed by atoms with Gasteiger partial charge in [0.25, 0.3) is 5.91 Å². The summed E-state index contributed by atoms with van der Waals surface area (Å²) < 4.78 is 5.86. The first-order chi connectivity index (χ1) is 12.5. The van der Waals surface area contributed by atoms with Crippen LogP contribution in [-0.2, 0) is 14.3 Å². The zero-order valence-corrected chi connectivity index (χ0v) is 15.6. The SMILES string of the molecule is COC(=O)C(CC(C)C)NC1=N/C(=C\c2ccc3ncsc3c2)C(=O)N1. The lowest BCUT2D eigenvalue weighted by Crippen LogP contribution is -2.47. The predicted octanol–water partition coefficient (Wildman–Crippen LogP) is 2.30. The molecule has 0 saturated carbocycles. The predicted molar refractivity (Wildman–Crippen MR) is 102 cm³/mol. The van der Waals surface area contributed by atoms with E-state index in [1.54, 1.807) is 22.9 Å². The van der Waals surface area contributed by atoms with Crippen LogP contribution in [0.2, 0.25) is 0 Å². The van der Waals surface area contributed by atoms with E-state index in [-0.39, 0.29) is 29.5 Å². The third-order valence-electron chi connectivity index (χ3n) is 3.86. The molecule has 0 spiro atoms. The van der Waals surface area contributed by atoms with Crippen molar-refractivity contribution in [1.82, 2.24) is 15.6 Å². The molecule has 1 aliphatic rings. The number of hydrogen-bond acceptors (Lipinski definition) is 7. The number of benzene rings is 1. The Labute approximate surface area is 155 Å². The number of esters is 1. The number of carbonyl (C=O) groups is 2. The van der Waals surface area contributed by atoms with E-state index in [0.717, 1.165) is 15.8 Å². The quantitative estimate of drug-likeness (QED) is 0.621. The fourth-order valence-electron chi connectivity index (χ4n) is 2.65. The van der Waals surface area contributed by atoms with Crippen LogP contribution in [0.25, 0.3) is 16.3 Å². The van der Waals surface area contributed by atoms with Crippen LogP contribution in [0.15, 0.2) is 34.4 Å². The van der Waals surface area contributed by atoms with E-state index in [0.29, 0.717) is 6.42 Å². The highest BCUT2D eigenvalue weighted by Crippen LogP contribution is 2.21. The number of hydrogen-bond donors (Lipinski definition) is 2. The lowest BCUT2D eigenvalue weighted by Gasteiger charge is -2.18. The number of aliphatic imine (C=N–C) groups is 1. The summed E-state index contributed by atoms with van der Waals surface area (Å²) in [5, 5.41) is 5.62. The number of thiazole rings is 1. The lowest BCUT2D eigenvalue weighted by atomic mass is 10.0. The highest BCUT2D eigenvalue weighted by molar-refractivity contribution is 7.16. The number of carbonyl (C=O) groups excluding carboxylic acids is 2. The maximum absolute atomic E-state index is 12.2. The third kappa shape index (κ3) is 4.08. The van der Waals surface area contributed by atoms with Crippen LogP contribution in [0.3, 0.4) is 0 Å². The van der Waals surface area contributed by atoms with Gasteiger partial charge in [-0.3, -0.25) is 10.1 Å². The van der Waals surface area contributed by atoms with Crippen molar-refractivity contribution in [3.63, 3.8) is 0 Å². The molecule has 2 N–H and O–H groups in total. The van der Waals surface area contributed by atoms with Crippen LogP contribution in [0.1, 0.15) is 25.8 Å². The van der Waals surface area contributed by atoms with Gasteiger partial charge >= 0.3 is 5.97 Å². The molecule has 0 radical (unpaired) electrons. The van der Waals surface area contributed by atoms with Gasteiger partial charge in [0, 0.05) is 0 Å². The second kappa shape index (κ2) is 7.65. The van der Waals surface area contributed by atoms with Gasteiger partial charge < -0.3 is 10.1 Å². The van der Waals surface area contributed by atoms with Gasteiger partial charge in [0.1, 0.15) is 11.7 Å². The van der Waals surface area contributed by atoms with E-state index in [1.807, 2.05) is 32.0 Å². The van der Waals surface area contributed by atoms with Crippen molar-refractivity contribution < 1.29 is 14.3 Å². The highest BCUT2D eigenvalue weighted by Gasteiger charge is 2.26. The number of guanidine groups is 1. The van der Waals surface area contributed by atoms with Gasteiger partial charge in [0.2, 0.25) is 5.96 Å². The van der Waals surface area contributed by atoms with E-state index < -0.39 is 6.04 Å². The maximum atomic E-state index is 12.2. The van der Waals surface area contributed by atoms with Crippen molar-refractivity contribution in [1.29, 1.82) is 0 Å². The number of nitrogens with one attached hydrogen (secondary N) is 2. The molecule has 0 bridgehead atoms. The van der Waals surface area contributed by atoms with Crippen molar-refractivity contribution in [3.8, 4) is 0 Å². The molecule has 3 rings (SSSR count). The number of fused-ring (bicyclic) bond motifs is 1. The Morgan fingerprint density at radius 2 is 2.23 bits per heavy atom. The fourth-order valence-corrected chi connectivity index (χ4v) is 3.37. The number of methoxy groups -OCH3 is 1. The van der Waals surface area contributed by atoms with Gasteiger partial charge in [-0.15, -0.1) is 11.3 Å². The van der Waals surface area contributed by atoms with Crippen molar-refractivity contribution in [2.75, 3.05) is 7.11 Å². The minimum Gasteiger partial charge on any atom is -0.467 e. The Bertz CT molecular complexity index is 901. The largest absolute Gasteiger partial charge is 0.467 e. The third-order valence-corrected chi connectivity index (χ3v) is 4.65. The Balaban J connectivity index is 1.79. The van der Waals surface area contributed by atoms with E-state index in [1.165, 1.54) is 7.11 Å². The van der Waals surface area contributed by atoms with Gasteiger partial charge in [-0.25, -0.2) is 14.8 Å². The summed E-state index contributed by atoms with van der Waals surface area (Å²) in [6.07, 6.45) is 2.28. The molecule has 1 unspecified atom stereocenters. The van der Waals surface area contributed by atoms with Gasteiger partial charge in [-0.2, -0.15) is 0 Å². The topological polar surface area (TPSA) is 92.7 Å². The first-order valence-electron chi connectivity index (χ1n) is 8.25. The Hall–Kier alpha value is -2.74. The molecule has 8 heteroatoms. The lowest BCUT2D eigenvalue weighted by molar-refractivity contribution is -0.143. The zero-order chi connectivity index (χ0) is 18.7. The van der Waals surface area contributed by atoms with Gasteiger partial charge in [-0.1, -0.05) is 19.9 Å². The minimum absolute atomic E-state index is 0.260. The number of nitrogens with zero attached hydrogens (tertiary/aromatic N) is 2. The summed E-state index contributed by atoms with van der Waals surface area (Å²) in [5.74, 6) is -0.157. The molecule has 1 amide bonds. The Kier molecular flexibility index (Phi) is 5.32. The Morgan fingerprint density at radius 1 is 1.42 bits per heavy atom. The first-order valence-corrected chi connectivity index (χ1v) is 9.13. The summed E-state index contributed by atoms with van der Waals surface area (Å²) in [6, 6.07) is 5.19. The molecular weight excluding hydrogens is 352 g/mol. The molecule has 1 aliphatic heterocycles. The van der Waals surface area contributed by atoms with Crippen molar-refractivity contribution in [2.45, 2.75) is 26.3 Å². The summed E-state index contributed by atoms with van der Waals surface area (Å²) in [7, 11) is 1.34. The summed E-state index contributed by atoms with van der Waals surface area (Å²) in [4.78, 5) is 32.6. The fraction of sp³-hybridized carbons (Fsp3) is 0.333. The molecule has 136 valence electrons. The molecule has 0 aliphatic carbocycles. The second-order valence-electron chi connectivity index (χ2n) is 6.37. The van der Waals surface area contributed by atoms with Crippen LogP contribution < -0.4 is 10.6 Å². The summed E-state index contributed by atoms with van der Waals surface area (Å²) in [5.41, 5.74) is 3.85. The number of aromatic nitrogens is 1. The maximum Gasteiger partial charge on any atom is 0.328 e. The summed E-state index contributed by atoms with van der Waals surface area (Å²) in [6.45, 7) is 4.02. The van der Waals surface area contributed by atoms with Crippen molar-refractivity contribution in [3.05, 3.63) is 35.0 Å². The smallest absolute Gasteiger partial charge is 0.328 e. The molecular formula is C18H20N4O3S. The van der Waals surface area contributed by atoms with Crippen molar-refractivity contribution >= 4 is 45.5 Å². The van der Waals surface area contributed by atoms with Crippen LogP contribution in [0.5, 0.6) is 0 Å². The van der Waals surface area contributed by atoms with E-state index >= 15 is 0 Å². The molecule has 0 saturated heterocycles. The molecule has 2 heterocycles. The molecule has 1 atom stereocenters. The molecule has 1 aromatic carbocycles. The monoisotopic (exact) mass is 372 g/mol. The van der Waals surface area contributed by atoms with E-state index in [4.69, 9.17) is 4.74 Å². The molecule has 26 heavy (non-hydrogen) atoms. The zero-order valence-electron chi connectivity index (χ0n) is 14.8. The van der Waals surface area contributed by atoms with Crippen molar-refractivity contribution in [2.24, 2.45) is 10.9 Å². The molecule has 1 aromatic heterocycles. The molecule has 2 aromatic rings. The first kappa shape index (κ1) is 18.1. The van der Waals surface area contributed by atoms with Crippen LogP contribution in [-0.4, -0.2) is 36.0 Å². The molecule has 0 fully saturated rings. The highest BCUT2D eigenvalue weighted by atomic mass is 32.1. The minimum atomic E-state index is -0.563. The second-order valence-corrected chi connectivity index (χ2v) is 7.26. The number of ether oxygens (including phenoxy) is 1. The average Bonchev–Trinajstić information content (AvgIpc) is 3.19. The van der Waals surface area contributed by atoms with Crippen LogP contribution in [0.4, 0.5) is 0 Å². The van der Waals surface area contributed by atoms with Gasteiger partial charge in [-0.05, 0) is 36.1 Å². The van der Waals surface area contributed by atoms with Crippen LogP contribution >= 0.6 is 11.3 Å². The van der Waals surface area contributed by atoms with Crippen LogP contribution in [0, 0.1) is 5.92 Å².